The van der Waals surface area contributed by atoms with E-state index in [1.807, 2.05) is 29.1 Å². The van der Waals surface area contributed by atoms with Gasteiger partial charge in [0.1, 0.15) is 5.82 Å². The van der Waals surface area contributed by atoms with E-state index < -0.39 is 0 Å². The van der Waals surface area contributed by atoms with Gasteiger partial charge in [-0.1, -0.05) is 6.92 Å². The molecule has 0 unspecified atom stereocenters. The summed E-state index contributed by atoms with van der Waals surface area (Å²) in [7, 11) is 0. The lowest BCUT2D eigenvalue weighted by molar-refractivity contribution is 0.599. The van der Waals surface area contributed by atoms with Crippen LogP contribution in [0.1, 0.15) is 30.0 Å². The van der Waals surface area contributed by atoms with E-state index in [4.69, 9.17) is 5.26 Å². The third-order valence-corrected chi connectivity index (χ3v) is 3.10. The van der Waals surface area contributed by atoms with Gasteiger partial charge in [0.05, 0.1) is 11.6 Å². The van der Waals surface area contributed by atoms with Crippen LogP contribution in [0.5, 0.6) is 0 Å². The molecule has 0 amide bonds. The summed E-state index contributed by atoms with van der Waals surface area (Å²) >= 11 is 0. The first-order valence-electron chi connectivity index (χ1n) is 6.77. The predicted octanol–water partition coefficient (Wildman–Crippen LogP) is 3.05. The molecule has 0 saturated heterocycles. The highest BCUT2D eigenvalue weighted by molar-refractivity contribution is 5.34. The van der Waals surface area contributed by atoms with Crippen molar-refractivity contribution in [2.24, 2.45) is 0 Å². The molecule has 0 spiro atoms. The van der Waals surface area contributed by atoms with Crippen LogP contribution in [0, 0.1) is 17.1 Å². The first-order valence-corrected chi connectivity index (χ1v) is 6.77. The van der Waals surface area contributed by atoms with E-state index in [0.29, 0.717) is 17.7 Å². The van der Waals surface area contributed by atoms with Crippen LogP contribution < -0.4 is 5.32 Å². The van der Waals surface area contributed by atoms with Crippen LogP contribution in [0.2, 0.25) is 0 Å². The van der Waals surface area contributed by atoms with Gasteiger partial charge in [-0.3, -0.25) is 0 Å². The van der Waals surface area contributed by atoms with Gasteiger partial charge in [0.25, 0.3) is 0 Å². The quantitative estimate of drug-likeness (QED) is 0.820. The van der Waals surface area contributed by atoms with Crippen LogP contribution in [0.15, 0.2) is 36.7 Å². The van der Waals surface area contributed by atoms with Crippen molar-refractivity contribution in [2.75, 3.05) is 6.54 Å². The molecule has 0 aliphatic rings. The second-order valence-electron chi connectivity index (χ2n) is 4.79. The highest BCUT2D eigenvalue weighted by Gasteiger charge is 2.05. The number of nitriles is 1. The average molecular weight is 271 g/mol. The number of nitrogens with one attached hydrogen (secondary N) is 1. The molecule has 4 heteroatoms. The zero-order valence-corrected chi connectivity index (χ0v) is 11.6. The lowest BCUT2D eigenvalue weighted by Crippen LogP contribution is -2.13. The van der Waals surface area contributed by atoms with Crippen molar-refractivity contribution in [1.82, 2.24) is 9.88 Å². The molecule has 2 aromatic rings. The highest BCUT2D eigenvalue weighted by Crippen LogP contribution is 2.13. The molecule has 0 bridgehead atoms. The molecule has 0 aliphatic carbocycles. The van der Waals surface area contributed by atoms with Crippen molar-refractivity contribution >= 4 is 0 Å². The fourth-order valence-electron chi connectivity index (χ4n) is 2.07. The Bertz CT molecular complexity index is 610. The SMILES string of the molecule is CCCNCc1ccn(Cc2cc(C#N)ccc2F)c1. The summed E-state index contributed by atoms with van der Waals surface area (Å²) in [4.78, 5) is 0. The number of hydrogen-bond donors (Lipinski definition) is 1. The molecule has 104 valence electrons. The fourth-order valence-corrected chi connectivity index (χ4v) is 2.07. The minimum atomic E-state index is -0.275. The molecular formula is C16H18FN3. The Balaban J connectivity index is 2.05. The van der Waals surface area contributed by atoms with Gasteiger partial charge in [0, 0.05) is 31.0 Å². The number of nitrogens with zero attached hydrogens (tertiary/aromatic N) is 2. The van der Waals surface area contributed by atoms with Gasteiger partial charge in [-0.05, 0) is 42.8 Å². The molecule has 2 rings (SSSR count). The van der Waals surface area contributed by atoms with E-state index in [-0.39, 0.29) is 5.82 Å². The zero-order valence-electron chi connectivity index (χ0n) is 11.6. The summed E-state index contributed by atoms with van der Waals surface area (Å²) in [5.74, 6) is -0.275. The number of halogens is 1. The van der Waals surface area contributed by atoms with E-state index in [0.717, 1.165) is 19.5 Å². The first-order chi connectivity index (χ1) is 9.72. The Kier molecular flexibility index (Phi) is 4.91. The van der Waals surface area contributed by atoms with Crippen molar-refractivity contribution in [1.29, 1.82) is 5.26 Å². The molecule has 20 heavy (non-hydrogen) atoms. The maximum absolute atomic E-state index is 13.7. The lowest BCUT2D eigenvalue weighted by atomic mass is 10.1. The second kappa shape index (κ2) is 6.88. The molecule has 1 aromatic heterocycles. The number of rotatable bonds is 6. The Labute approximate surface area is 118 Å². The van der Waals surface area contributed by atoms with Gasteiger partial charge < -0.3 is 9.88 Å². The van der Waals surface area contributed by atoms with Gasteiger partial charge in [-0.25, -0.2) is 4.39 Å². The molecule has 0 aliphatic heterocycles. The van der Waals surface area contributed by atoms with Crippen molar-refractivity contribution in [2.45, 2.75) is 26.4 Å². The van der Waals surface area contributed by atoms with E-state index >= 15 is 0 Å². The van der Waals surface area contributed by atoms with E-state index in [2.05, 4.69) is 12.2 Å². The molecule has 1 heterocycles. The molecule has 3 nitrogen and oxygen atoms in total. The highest BCUT2D eigenvalue weighted by atomic mass is 19.1. The Morgan fingerprint density at radius 3 is 2.95 bits per heavy atom. The van der Waals surface area contributed by atoms with Crippen molar-refractivity contribution in [3.05, 3.63) is 59.2 Å². The minimum Gasteiger partial charge on any atom is -0.349 e. The number of hydrogen-bond acceptors (Lipinski definition) is 2. The van der Waals surface area contributed by atoms with Gasteiger partial charge >= 0.3 is 0 Å². The zero-order chi connectivity index (χ0) is 14.4. The minimum absolute atomic E-state index is 0.275. The van der Waals surface area contributed by atoms with Crippen LogP contribution in [0.3, 0.4) is 0 Å². The van der Waals surface area contributed by atoms with Gasteiger partial charge in [0.15, 0.2) is 0 Å². The Hall–Kier alpha value is -2.12. The summed E-state index contributed by atoms with van der Waals surface area (Å²) in [6, 6.07) is 8.50. The van der Waals surface area contributed by atoms with Crippen molar-refractivity contribution < 1.29 is 4.39 Å². The maximum Gasteiger partial charge on any atom is 0.128 e. The van der Waals surface area contributed by atoms with Crippen LogP contribution >= 0.6 is 0 Å². The fraction of sp³-hybridized carbons (Fsp3) is 0.312. The maximum atomic E-state index is 13.7. The van der Waals surface area contributed by atoms with Crippen LogP contribution in [0.4, 0.5) is 4.39 Å². The third kappa shape index (κ3) is 3.69. The summed E-state index contributed by atoms with van der Waals surface area (Å²) in [6.45, 7) is 4.38. The molecule has 0 atom stereocenters. The average Bonchev–Trinajstić information content (AvgIpc) is 2.89. The van der Waals surface area contributed by atoms with Crippen molar-refractivity contribution in [3.8, 4) is 6.07 Å². The number of aromatic nitrogens is 1. The van der Waals surface area contributed by atoms with E-state index in [9.17, 15) is 4.39 Å². The van der Waals surface area contributed by atoms with E-state index in [1.54, 1.807) is 6.07 Å². The third-order valence-electron chi connectivity index (χ3n) is 3.10. The summed E-state index contributed by atoms with van der Waals surface area (Å²) in [5.41, 5.74) is 2.20. The summed E-state index contributed by atoms with van der Waals surface area (Å²) in [5, 5.41) is 12.2. The van der Waals surface area contributed by atoms with Crippen LogP contribution in [0.25, 0.3) is 0 Å². The Morgan fingerprint density at radius 1 is 1.35 bits per heavy atom. The van der Waals surface area contributed by atoms with Gasteiger partial charge in [0.2, 0.25) is 0 Å². The van der Waals surface area contributed by atoms with Crippen LogP contribution in [-0.4, -0.2) is 11.1 Å². The summed E-state index contributed by atoms with van der Waals surface area (Å²) < 4.78 is 15.6. The normalized spacial score (nSPS) is 10.4. The Morgan fingerprint density at radius 2 is 2.20 bits per heavy atom. The molecule has 1 aromatic carbocycles. The standard InChI is InChI=1S/C16H18FN3/c1-2-6-19-10-14-5-7-20(11-14)12-15-8-13(9-18)3-4-16(15)17/h3-5,7-8,11,19H,2,6,10,12H2,1H3. The molecule has 0 fully saturated rings. The predicted molar refractivity (Wildman–Crippen MR) is 76.6 cm³/mol. The molecular weight excluding hydrogens is 253 g/mol. The lowest BCUT2D eigenvalue weighted by Gasteiger charge is -2.05. The smallest absolute Gasteiger partial charge is 0.128 e. The molecule has 0 radical (unpaired) electrons. The largest absolute Gasteiger partial charge is 0.349 e. The van der Waals surface area contributed by atoms with Gasteiger partial charge in [-0.15, -0.1) is 0 Å². The monoisotopic (exact) mass is 271 g/mol. The van der Waals surface area contributed by atoms with Gasteiger partial charge in [-0.2, -0.15) is 5.26 Å². The first kappa shape index (κ1) is 14.3. The topological polar surface area (TPSA) is 40.8 Å². The second-order valence-corrected chi connectivity index (χ2v) is 4.79. The van der Waals surface area contributed by atoms with E-state index in [1.165, 1.54) is 17.7 Å². The molecule has 0 saturated carbocycles. The number of benzene rings is 1. The van der Waals surface area contributed by atoms with Crippen LogP contribution in [-0.2, 0) is 13.1 Å². The molecule has 1 N–H and O–H groups in total. The summed E-state index contributed by atoms with van der Waals surface area (Å²) in [6.07, 6.45) is 5.04. The van der Waals surface area contributed by atoms with Crippen molar-refractivity contribution in [3.63, 3.8) is 0 Å².